The van der Waals surface area contributed by atoms with Gasteiger partial charge in [-0.25, -0.2) is 0 Å². The van der Waals surface area contributed by atoms with Crippen molar-refractivity contribution in [3.05, 3.63) is 46.5 Å². The number of aryl methyl sites for hydroxylation is 1. The highest BCUT2D eigenvalue weighted by Crippen LogP contribution is 2.21. The molecule has 0 atom stereocenters. The number of rotatable bonds is 3. The number of thioether (sulfide) groups is 1. The second-order valence-electron chi connectivity index (χ2n) is 2.31. The van der Waals surface area contributed by atoms with E-state index in [1.165, 1.54) is 10.4 Å². The predicted molar refractivity (Wildman–Crippen MR) is 77.8 cm³/mol. The molecule has 1 aromatic rings. The minimum Gasteiger partial charge on any atom is -0.148 e. The van der Waals surface area contributed by atoms with Gasteiger partial charge in [-0.3, -0.25) is 0 Å². The molecular formula is C13H22S2. The molecule has 0 aromatic carbocycles. The summed E-state index contributed by atoms with van der Waals surface area (Å²) in [6.45, 7) is 14.2. The van der Waals surface area contributed by atoms with E-state index >= 15 is 0 Å². The van der Waals surface area contributed by atoms with E-state index in [4.69, 9.17) is 0 Å². The minimum atomic E-state index is 1.12. The summed E-state index contributed by atoms with van der Waals surface area (Å²) in [5.74, 6) is 1.12. The second kappa shape index (κ2) is 13.5. The number of thiophene rings is 1. The van der Waals surface area contributed by atoms with Crippen molar-refractivity contribution in [1.29, 1.82) is 0 Å². The van der Waals surface area contributed by atoms with Crippen LogP contribution in [-0.2, 0) is 5.75 Å². The molecule has 0 bridgehead atoms. The summed E-state index contributed by atoms with van der Waals surface area (Å²) in [4.78, 5) is 1.49. The van der Waals surface area contributed by atoms with Crippen molar-refractivity contribution in [3.63, 3.8) is 0 Å². The number of hydrogen-bond donors (Lipinski definition) is 0. The van der Waals surface area contributed by atoms with E-state index in [0.29, 0.717) is 0 Å². The largest absolute Gasteiger partial charge is 0.148 e. The van der Waals surface area contributed by atoms with Gasteiger partial charge in [0.05, 0.1) is 0 Å². The van der Waals surface area contributed by atoms with Crippen molar-refractivity contribution in [1.82, 2.24) is 0 Å². The Kier molecular flexibility index (Phi) is 15.3. The fraction of sp³-hybridized carbons (Fsp3) is 0.385. The summed E-state index contributed by atoms with van der Waals surface area (Å²) in [6, 6.07) is 2.18. The summed E-state index contributed by atoms with van der Waals surface area (Å²) in [5.41, 5.74) is 1.42. The fourth-order valence-electron chi connectivity index (χ4n) is 0.772. The summed E-state index contributed by atoms with van der Waals surface area (Å²) < 4.78 is 0. The number of hydrogen-bond acceptors (Lipinski definition) is 2. The fourth-order valence-corrected chi connectivity index (χ4v) is 2.61. The highest BCUT2D eigenvalue weighted by atomic mass is 32.2. The average molecular weight is 242 g/mol. The Hall–Kier alpha value is -0.470. The Morgan fingerprint density at radius 3 is 2.40 bits per heavy atom. The molecule has 0 aliphatic heterocycles. The van der Waals surface area contributed by atoms with Crippen LogP contribution in [0.5, 0.6) is 0 Å². The van der Waals surface area contributed by atoms with Gasteiger partial charge >= 0.3 is 0 Å². The zero-order valence-electron chi connectivity index (χ0n) is 10.2. The molecule has 0 aliphatic rings. The maximum atomic E-state index is 3.00. The number of allylic oxidation sites excluding steroid dienone is 1. The van der Waals surface area contributed by atoms with Crippen LogP contribution in [0.2, 0.25) is 0 Å². The zero-order chi connectivity index (χ0) is 12.1. The summed E-state index contributed by atoms with van der Waals surface area (Å²) >= 11 is 3.70. The first-order valence-corrected chi connectivity index (χ1v) is 7.03. The molecule has 0 saturated heterocycles. The molecule has 0 N–H and O–H groups in total. The Bertz CT molecular complexity index is 249. The molecule has 0 spiro atoms. The van der Waals surface area contributed by atoms with Crippen LogP contribution < -0.4 is 0 Å². The molecule has 0 saturated carbocycles. The predicted octanol–water partition coefficient (Wildman–Crippen LogP) is 5.65. The van der Waals surface area contributed by atoms with Gasteiger partial charge < -0.3 is 0 Å². The van der Waals surface area contributed by atoms with Crippen LogP contribution in [0.3, 0.4) is 0 Å². The lowest BCUT2D eigenvalue weighted by molar-refractivity contribution is 1.41. The van der Waals surface area contributed by atoms with E-state index in [-0.39, 0.29) is 0 Å². The zero-order valence-corrected chi connectivity index (χ0v) is 11.9. The Balaban J connectivity index is 0. The molecule has 0 radical (unpaired) electrons. The third-order valence-electron chi connectivity index (χ3n) is 1.41. The molecule has 15 heavy (non-hydrogen) atoms. The topological polar surface area (TPSA) is 0 Å². The smallest absolute Gasteiger partial charge is 0.0322 e. The highest BCUT2D eigenvalue weighted by molar-refractivity contribution is 8.01. The van der Waals surface area contributed by atoms with Gasteiger partial charge in [0.15, 0.2) is 0 Å². The van der Waals surface area contributed by atoms with Gasteiger partial charge in [0.25, 0.3) is 0 Å². The maximum Gasteiger partial charge on any atom is 0.0322 e. The molecule has 1 heterocycles. The van der Waals surface area contributed by atoms with Crippen LogP contribution in [0.25, 0.3) is 0 Å². The quantitative estimate of drug-likeness (QED) is 0.617. The molecule has 0 fully saturated rings. The molecule has 0 aliphatic carbocycles. The standard InChI is InChI=1S/C9H12S2.C2H6.C2H4/c1-3-5-10-7-9-8(2)4-6-11-9;2*1-2/h3-6H,7H2,1-2H3;1-2H3;1-2H2/b5-3-;;. The first-order valence-electron chi connectivity index (χ1n) is 5.10. The molecule has 86 valence electrons. The summed E-state index contributed by atoms with van der Waals surface area (Å²) in [7, 11) is 0. The van der Waals surface area contributed by atoms with Crippen molar-refractivity contribution < 1.29 is 0 Å². The SMILES string of the molecule is C/C=C\SCc1sccc1C.C=C.CC. The molecule has 0 amide bonds. The third-order valence-corrected chi connectivity index (χ3v) is 3.54. The first-order chi connectivity index (χ1) is 7.34. The maximum absolute atomic E-state index is 3.00. The van der Waals surface area contributed by atoms with Gasteiger partial charge in [0.1, 0.15) is 0 Å². The molecule has 2 heteroatoms. The van der Waals surface area contributed by atoms with Gasteiger partial charge in [-0.1, -0.05) is 19.9 Å². The van der Waals surface area contributed by atoms with Crippen LogP contribution in [0, 0.1) is 6.92 Å². The lowest BCUT2D eigenvalue weighted by Crippen LogP contribution is -1.74. The first kappa shape index (κ1) is 16.9. The molecule has 0 unspecified atom stereocenters. The molecule has 1 rings (SSSR count). The van der Waals surface area contributed by atoms with Gasteiger partial charge in [-0.15, -0.1) is 36.3 Å². The average Bonchev–Trinajstić information content (AvgIpc) is 2.71. The van der Waals surface area contributed by atoms with Gasteiger partial charge in [-0.05, 0) is 36.3 Å². The van der Waals surface area contributed by atoms with E-state index in [1.54, 1.807) is 0 Å². The van der Waals surface area contributed by atoms with Crippen molar-refractivity contribution >= 4 is 23.1 Å². The third kappa shape index (κ3) is 8.52. The normalized spacial score (nSPS) is 8.80. The summed E-state index contributed by atoms with van der Waals surface area (Å²) in [5, 5.41) is 4.29. The van der Waals surface area contributed by atoms with Crippen molar-refractivity contribution in [3.8, 4) is 0 Å². The van der Waals surface area contributed by atoms with Crippen molar-refractivity contribution in [2.75, 3.05) is 0 Å². The Labute approximate surface area is 103 Å². The molecular weight excluding hydrogens is 220 g/mol. The Morgan fingerprint density at radius 1 is 1.40 bits per heavy atom. The van der Waals surface area contributed by atoms with Crippen molar-refractivity contribution in [2.45, 2.75) is 33.4 Å². The van der Waals surface area contributed by atoms with Gasteiger partial charge in [-0.2, -0.15) is 0 Å². The van der Waals surface area contributed by atoms with Crippen molar-refractivity contribution in [2.24, 2.45) is 0 Å². The Morgan fingerprint density at radius 2 is 2.00 bits per heavy atom. The highest BCUT2D eigenvalue weighted by Gasteiger charge is 1.96. The summed E-state index contributed by atoms with van der Waals surface area (Å²) in [6.07, 6.45) is 2.08. The van der Waals surface area contributed by atoms with E-state index in [1.807, 2.05) is 43.9 Å². The van der Waals surface area contributed by atoms with E-state index < -0.39 is 0 Å². The van der Waals surface area contributed by atoms with E-state index in [0.717, 1.165) is 5.75 Å². The molecule has 1 aromatic heterocycles. The van der Waals surface area contributed by atoms with Crippen LogP contribution in [0.15, 0.2) is 36.1 Å². The monoisotopic (exact) mass is 242 g/mol. The van der Waals surface area contributed by atoms with Crippen LogP contribution >= 0.6 is 23.1 Å². The second-order valence-corrected chi connectivity index (χ2v) is 4.20. The van der Waals surface area contributed by atoms with Crippen LogP contribution in [-0.4, -0.2) is 0 Å². The lowest BCUT2D eigenvalue weighted by atomic mass is 10.3. The minimum absolute atomic E-state index is 1.12. The van der Waals surface area contributed by atoms with Crippen LogP contribution in [0.1, 0.15) is 31.2 Å². The van der Waals surface area contributed by atoms with E-state index in [2.05, 4.69) is 43.0 Å². The van der Waals surface area contributed by atoms with E-state index in [9.17, 15) is 0 Å². The van der Waals surface area contributed by atoms with Crippen LogP contribution in [0.4, 0.5) is 0 Å². The van der Waals surface area contributed by atoms with Gasteiger partial charge in [0, 0.05) is 10.6 Å². The lowest BCUT2D eigenvalue weighted by Gasteiger charge is -1.93. The van der Waals surface area contributed by atoms with Gasteiger partial charge in [0.2, 0.25) is 0 Å². The molecule has 0 nitrogen and oxygen atoms in total.